The highest BCUT2D eigenvalue weighted by atomic mass is 16.4. The lowest BCUT2D eigenvalue weighted by molar-refractivity contribution is -0.136. The number of aliphatic carboxylic acids is 1. The van der Waals surface area contributed by atoms with Crippen LogP contribution >= 0.6 is 0 Å². The summed E-state index contributed by atoms with van der Waals surface area (Å²) in [7, 11) is 0. The van der Waals surface area contributed by atoms with Gasteiger partial charge in [-0.1, -0.05) is 0 Å². The molecule has 0 amide bonds. The Labute approximate surface area is 91.6 Å². The number of rotatable bonds is 3. The monoisotopic (exact) mass is 218 g/mol. The lowest BCUT2D eigenvalue weighted by Crippen LogP contribution is -1.99. The number of benzene rings is 1. The molecule has 1 aromatic heterocycles. The number of carboxylic acid groups (broad SMARTS) is 1. The van der Waals surface area contributed by atoms with E-state index in [-0.39, 0.29) is 12.2 Å². The van der Waals surface area contributed by atoms with E-state index < -0.39 is 5.97 Å². The third kappa shape index (κ3) is 2.20. The maximum atomic E-state index is 10.5. The Morgan fingerprint density at radius 1 is 1.31 bits per heavy atom. The Kier molecular flexibility index (Phi) is 2.59. The van der Waals surface area contributed by atoms with Crippen molar-refractivity contribution in [1.29, 1.82) is 0 Å². The normalized spacial score (nSPS) is 10.2. The van der Waals surface area contributed by atoms with E-state index in [1.54, 1.807) is 41.4 Å². The highest BCUT2D eigenvalue weighted by molar-refractivity contribution is 5.69. The lowest BCUT2D eigenvalue weighted by Gasteiger charge is -2.00. The Hall–Kier alpha value is -2.30. The molecule has 2 N–H and O–H groups in total. The Bertz CT molecular complexity index is 502. The first-order chi connectivity index (χ1) is 7.65. The molecule has 0 spiro atoms. The average Bonchev–Trinajstić information content (AvgIpc) is 2.66. The summed E-state index contributed by atoms with van der Waals surface area (Å²) in [5, 5.41) is 17.7. The molecule has 0 fully saturated rings. The van der Waals surface area contributed by atoms with E-state index in [0.29, 0.717) is 5.69 Å². The maximum Gasteiger partial charge on any atom is 0.309 e. The Morgan fingerprint density at radius 3 is 2.62 bits per heavy atom. The fourth-order valence-electron chi connectivity index (χ4n) is 1.38. The Morgan fingerprint density at radius 2 is 2.00 bits per heavy atom. The van der Waals surface area contributed by atoms with Gasteiger partial charge in [-0.15, -0.1) is 0 Å². The van der Waals surface area contributed by atoms with Crippen molar-refractivity contribution >= 4 is 5.97 Å². The van der Waals surface area contributed by atoms with E-state index in [0.717, 1.165) is 5.69 Å². The van der Waals surface area contributed by atoms with Crippen molar-refractivity contribution < 1.29 is 15.0 Å². The van der Waals surface area contributed by atoms with Crippen LogP contribution in [0.1, 0.15) is 5.69 Å². The third-order valence-corrected chi connectivity index (χ3v) is 2.12. The topological polar surface area (TPSA) is 75.3 Å². The second-order valence-electron chi connectivity index (χ2n) is 3.36. The minimum Gasteiger partial charge on any atom is -0.508 e. The number of hydrogen-bond acceptors (Lipinski definition) is 3. The molecule has 0 saturated heterocycles. The molecule has 1 heterocycles. The van der Waals surface area contributed by atoms with Crippen LogP contribution in [0.4, 0.5) is 0 Å². The third-order valence-electron chi connectivity index (χ3n) is 2.12. The molecule has 0 atom stereocenters. The van der Waals surface area contributed by atoms with Gasteiger partial charge in [0.05, 0.1) is 18.4 Å². The van der Waals surface area contributed by atoms with Crippen LogP contribution in [0.15, 0.2) is 36.8 Å². The van der Waals surface area contributed by atoms with Crippen LogP contribution in [0.5, 0.6) is 5.75 Å². The highest BCUT2D eigenvalue weighted by Gasteiger charge is 2.04. The zero-order valence-electron chi connectivity index (χ0n) is 8.37. The number of nitrogens with zero attached hydrogens (tertiary/aromatic N) is 2. The van der Waals surface area contributed by atoms with Crippen molar-refractivity contribution in [2.24, 2.45) is 0 Å². The summed E-state index contributed by atoms with van der Waals surface area (Å²) in [5.74, 6) is -0.717. The van der Waals surface area contributed by atoms with Gasteiger partial charge in [-0.25, -0.2) is 4.98 Å². The summed E-state index contributed by atoms with van der Waals surface area (Å²) in [6.07, 6.45) is 3.11. The van der Waals surface area contributed by atoms with Crippen LogP contribution < -0.4 is 0 Å². The van der Waals surface area contributed by atoms with Gasteiger partial charge in [-0.05, 0) is 24.3 Å². The molecule has 0 saturated carbocycles. The maximum absolute atomic E-state index is 10.5. The van der Waals surface area contributed by atoms with Crippen molar-refractivity contribution in [1.82, 2.24) is 9.55 Å². The first-order valence-electron chi connectivity index (χ1n) is 4.69. The fraction of sp³-hybridized carbons (Fsp3) is 0.0909. The molecule has 0 aliphatic rings. The molecule has 1 aromatic carbocycles. The quantitative estimate of drug-likeness (QED) is 0.811. The van der Waals surface area contributed by atoms with Crippen LogP contribution in [0.3, 0.4) is 0 Å². The molecule has 16 heavy (non-hydrogen) atoms. The van der Waals surface area contributed by atoms with E-state index in [4.69, 9.17) is 10.2 Å². The van der Waals surface area contributed by atoms with Crippen LogP contribution in [0, 0.1) is 0 Å². The number of aromatic nitrogens is 2. The number of carboxylic acids is 1. The van der Waals surface area contributed by atoms with Gasteiger partial charge in [0.25, 0.3) is 0 Å². The zero-order valence-corrected chi connectivity index (χ0v) is 8.37. The largest absolute Gasteiger partial charge is 0.508 e. The number of phenolic OH excluding ortho intramolecular Hbond substituents is 1. The number of aromatic hydroxyl groups is 1. The standard InChI is InChI=1S/C11H10N2O3/c14-10-3-1-9(2-4-10)13-6-8(12-7-13)5-11(15)16/h1-4,6-7,14H,5H2,(H,15,16). The van der Waals surface area contributed by atoms with Crippen molar-refractivity contribution in [2.45, 2.75) is 6.42 Å². The molecule has 2 aromatic rings. The molecule has 0 unspecified atom stereocenters. The molecular formula is C11H10N2O3. The molecule has 5 nitrogen and oxygen atoms in total. The molecule has 0 radical (unpaired) electrons. The molecular weight excluding hydrogens is 208 g/mol. The van der Waals surface area contributed by atoms with Crippen LogP contribution in [0.25, 0.3) is 5.69 Å². The van der Waals surface area contributed by atoms with Gasteiger partial charge in [0.15, 0.2) is 0 Å². The van der Waals surface area contributed by atoms with Crippen molar-refractivity contribution in [2.75, 3.05) is 0 Å². The molecule has 5 heteroatoms. The van der Waals surface area contributed by atoms with E-state index in [9.17, 15) is 4.79 Å². The van der Waals surface area contributed by atoms with Gasteiger partial charge in [0.1, 0.15) is 5.75 Å². The first kappa shape index (κ1) is 10.2. The molecule has 82 valence electrons. The Balaban J connectivity index is 2.24. The average molecular weight is 218 g/mol. The first-order valence-corrected chi connectivity index (χ1v) is 4.69. The summed E-state index contributed by atoms with van der Waals surface area (Å²) in [5.41, 5.74) is 1.32. The van der Waals surface area contributed by atoms with Gasteiger partial charge in [-0.3, -0.25) is 4.79 Å². The second-order valence-corrected chi connectivity index (χ2v) is 3.36. The fourth-order valence-corrected chi connectivity index (χ4v) is 1.38. The predicted molar refractivity (Wildman–Crippen MR) is 56.6 cm³/mol. The summed E-state index contributed by atoms with van der Waals surface area (Å²) in [6, 6.07) is 6.57. The van der Waals surface area contributed by atoms with E-state index in [2.05, 4.69) is 4.98 Å². The molecule has 0 aliphatic carbocycles. The zero-order chi connectivity index (χ0) is 11.5. The minimum atomic E-state index is -0.907. The van der Waals surface area contributed by atoms with E-state index in [1.165, 1.54) is 0 Å². The number of carbonyl (C=O) groups is 1. The SMILES string of the molecule is O=C(O)Cc1cn(-c2ccc(O)cc2)cn1. The van der Waals surface area contributed by atoms with E-state index in [1.807, 2.05) is 0 Å². The summed E-state index contributed by atoms with van der Waals surface area (Å²) < 4.78 is 1.71. The molecule has 0 aliphatic heterocycles. The number of phenols is 1. The smallest absolute Gasteiger partial charge is 0.309 e. The summed E-state index contributed by atoms with van der Waals surface area (Å²) >= 11 is 0. The number of hydrogen-bond donors (Lipinski definition) is 2. The van der Waals surface area contributed by atoms with Gasteiger partial charge in [-0.2, -0.15) is 0 Å². The molecule has 0 bridgehead atoms. The van der Waals surface area contributed by atoms with Crippen LogP contribution in [-0.2, 0) is 11.2 Å². The van der Waals surface area contributed by atoms with Crippen LogP contribution in [-0.4, -0.2) is 25.7 Å². The van der Waals surface area contributed by atoms with Crippen molar-refractivity contribution in [3.8, 4) is 11.4 Å². The van der Waals surface area contributed by atoms with E-state index >= 15 is 0 Å². The van der Waals surface area contributed by atoms with Gasteiger partial charge >= 0.3 is 5.97 Å². The van der Waals surface area contributed by atoms with Gasteiger partial charge < -0.3 is 14.8 Å². The lowest BCUT2D eigenvalue weighted by atomic mass is 10.3. The van der Waals surface area contributed by atoms with Gasteiger partial charge in [0.2, 0.25) is 0 Å². The summed E-state index contributed by atoms with van der Waals surface area (Å²) in [4.78, 5) is 14.5. The predicted octanol–water partition coefficient (Wildman–Crippen LogP) is 1.20. The second kappa shape index (κ2) is 4.06. The molecule has 2 rings (SSSR count). The number of imidazole rings is 1. The highest BCUT2D eigenvalue weighted by Crippen LogP contribution is 2.14. The van der Waals surface area contributed by atoms with Crippen molar-refractivity contribution in [3.63, 3.8) is 0 Å². The van der Waals surface area contributed by atoms with Crippen LogP contribution in [0.2, 0.25) is 0 Å². The van der Waals surface area contributed by atoms with Gasteiger partial charge in [0, 0.05) is 11.9 Å². The minimum absolute atomic E-state index is 0.0922. The van der Waals surface area contributed by atoms with Crippen molar-refractivity contribution in [3.05, 3.63) is 42.5 Å². The summed E-state index contributed by atoms with van der Waals surface area (Å²) in [6.45, 7) is 0.